The van der Waals surface area contributed by atoms with Crippen LogP contribution in [-0.4, -0.2) is 30.8 Å². The number of nitrogens with one attached hydrogen (secondary N) is 2. The van der Waals surface area contributed by atoms with E-state index < -0.39 is 9.84 Å². The van der Waals surface area contributed by atoms with Crippen LogP contribution in [0.1, 0.15) is 21.7 Å². The Balaban J connectivity index is 2.22. The average Bonchev–Trinajstić information content (AvgIpc) is 2.69. The molecule has 0 bridgehead atoms. The minimum atomic E-state index is -3.26. The predicted octanol–water partition coefficient (Wildman–Crippen LogP) is 1.68. The fraction of sp³-hybridized carbons (Fsp3) is 0.231. The third kappa shape index (κ3) is 2.88. The zero-order valence-corrected chi connectivity index (χ0v) is 12.2. The van der Waals surface area contributed by atoms with Crippen LogP contribution in [0.5, 0.6) is 0 Å². The summed E-state index contributed by atoms with van der Waals surface area (Å²) in [5.74, 6) is -0.308. The van der Waals surface area contributed by atoms with Gasteiger partial charge in [-0.3, -0.25) is 9.89 Å². The SMILES string of the molecule is Cc1n[nH]c(C)c1NC(=O)c1ccc(S(C)(=O)=O)cc1. The van der Waals surface area contributed by atoms with Gasteiger partial charge in [-0.25, -0.2) is 8.42 Å². The summed E-state index contributed by atoms with van der Waals surface area (Å²) in [4.78, 5) is 12.3. The van der Waals surface area contributed by atoms with Gasteiger partial charge >= 0.3 is 0 Å². The number of aromatic nitrogens is 2. The summed E-state index contributed by atoms with van der Waals surface area (Å²) in [6.07, 6.45) is 1.13. The number of aryl methyl sites for hydroxylation is 2. The Morgan fingerprint density at radius 3 is 2.25 bits per heavy atom. The molecular weight excluding hydrogens is 278 g/mol. The molecule has 0 aliphatic heterocycles. The zero-order valence-electron chi connectivity index (χ0n) is 11.4. The summed E-state index contributed by atoms with van der Waals surface area (Å²) >= 11 is 0. The number of aromatic amines is 1. The van der Waals surface area contributed by atoms with Crippen molar-refractivity contribution in [2.24, 2.45) is 0 Å². The number of nitrogens with zero attached hydrogens (tertiary/aromatic N) is 1. The maximum absolute atomic E-state index is 12.1. The fourth-order valence-electron chi connectivity index (χ4n) is 1.77. The van der Waals surface area contributed by atoms with Gasteiger partial charge in [0.15, 0.2) is 9.84 Å². The van der Waals surface area contributed by atoms with E-state index in [1.54, 1.807) is 6.92 Å². The fourth-order valence-corrected chi connectivity index (χ4v) is 2.40. The molecule has 0 spiro atoms. The van der Waals surface area contributed by atoms with E-state index in [4.69, 9.17) is 0 Å². The first kappa shape index (κ1) is 14.3. The largest absolute Gasteiger partial charge is 0.319 e. The Morgan fingerprint density at radius 1 is 1.20 bits per heavy atom. The lowest BCUT2D eigenvalue weighted by Crippen LogP contribution is -2.13. The van der Waals surface area contributed by atoms with Crippen molar-refractivity contribution >= 4 is 21.4 Å². The second-order valence-electron chi connectivity index (χ2n) is 4.56. The highest BCUT2D eigenvalue weighted by Crippen LogP contribution is 2.18. The molecule has 1 aromatic heterocycles. The standard InChI is InChI=1S/C13H15N3O3S/c1-8-12(9(2)16-15-8)14-13(17)10-4-6-11(7-5-10)20(3,18)19/h4-7H,1-3H3,(H,14,17)(H,15,16). The molecule has 0 saturated heterocycles. The number of anilines is 1. The minimum absolute atomic E-state index is 0.185. The molecule has 0 radical (unpaired) electrons. The lowest BCUT2D eigenvalue weighted by atomic mass is 10.2. The number of hydrogen-bond donors (Lipinski definition) is 2. The maximum atomic E-state index is 12.1. The van der Waals surface area contributed by atoms with Crippen LogP contribution < -0.4 is 5.32 Å². The van der Waals surface area contributed by atoms with E-state index in [9.17, 15) is 13.2 Å². The average molecular weight is 293 g/mol. The molecule has 1 aromatic carbocycles. The summed E-state index contributed by atoms with van der Waals surface area (Å²) in [6.45, 7) is 3.59. The predicted molar refractivity (Wildman–Crippen MR) is 75.6 cm³/mol. The first-order valence-corrected chi connectivity index (χ1v) is 7.81. The third-order valence-corrected chi connectivity index (χ3v) is 4.04. The van der Waals surface area contributed by atoms with Crippen LogP contribution >= 0.6 is 0 Å². The molecule has 7 heteroatoms. The molecular formula is C13H15N3O3S. The van der Waals surface area contributed by atoms with Gasteiger partial charge in [0, 0.05) is 11.8 Å². The van der Waals surface area contributed by atoms with Crippen molar-refractivity contribution in [3.8, 4) is 0 Å². The van der Waals surface area contributed by atoms with Crippen LogP contribution in [0.4, 0.5) is 5.69 Å². The molecule has 0 aliphatic carbocycles. The second-order valence-corrected chi connectivity index (χ2v) is 6.58. The Labute approximate surface area is 117 Å². The van der Waals surface area contributed by atoms with Crippen molar-refractivity contribution in [1.29, 1.82) is 0 Å². The Hall–Kier alpha value is -2.15. The molecule has 1 amide bonds. The molecule has 20 heavy (non-hydrogen) atoms. The third-order valence-electron chi connectivity index (χ3n) is 2.91. The number of rotatable bonds is 3. The Morgan fingerprint density at radius 2 is 1.80 bits per heavy atom. The van der Waals surface area contributed by atoms with Gasteiger partial charge in [0.05, 0.1) is 22.0 Å². The Bertz CT molecular complexity index is 726. The van der Waals surface area contributed by atoms with Gasteiger partial charge in [0.25, 0.3) is 5.91 Å². The monoisotopic (exact) mass is 293 g/mol. The minimum Gasteiger partial charge on any atom is -0.319 e. The molecule has 6 nitrogen and oxygen atoms in total. The van der Waals surface area contributed by atoms with E-state index in [1.807, 2.05) is 6.92 Å². The number of hydrogen-bond acceptors (Lipinski definition) is 4. The molecule has 2 N–H and O–H groups in total. The van der Waals surface area contributed by atoms with Crippen molar-refractivity contribution in [1.82, 2.24) is 10.2 Å². The van der Waals surface area contributed by atoms with Gasteiger partial charge in [0.1, 0.15) is 0 Å². The molecule has 106 valence electrons. The number of carbonyl (C=O) groups is 1. The van der Waals surface area contributed by atoms with Crippen LogP contribution in [0.15, 0.2) is 29.2 Å². The summed E-state index contributed by atoms with van der Waals surface area (Å²) in [7, 11) is -3.26. The summed E-state index contributed by atoms with van der Waals surface area (Å²) in [6, 6.07) is 5.80. The van der Waals surface area contributed by atoms with Crippen molar-refractivity contribution in [2.45, 2.75) is 18.7 Å². The first-order chi connectivity index (χ1) is 9.29. The van der Waals surface area contributed by atoms with Crippen LogP contribution in [0.25, 0.3) is 0 Å². The van der Waals surface area contributed by atoms with E-state index in [-0.39, 0.29) is 10.8 Å². The second kappa shape index (κ2) is 5.09. The summed E-state index contributed by atoms with van der Waals surface area (Å²) in [5, 5.41) is 9.52. The van der Waals surface area contributed by atoms with Gasteiger partial charge in [0.2, 0.25) is 0 Å². The van der Waals surface area contributed by atoms with E-state index in [1.165, 1.54) is 24.3 Å². The normalized spacial score (nSPS) is 11.3. The molecule has 0 saturated carbocycles. The number of benzene rings is 1. The molecule has 0 fully saturated rings. The molecule has 2 aromatic rings. The lowest BCUT2D eigenvalue weighted by Gasteiger charge is -2.06. The van der Waals surface area contributed by atoms with Crippen LogP contribution in [-0.2, 0) is 9.84 Å². The van der Waals surface area contributed by atoms with Crippen molar-refractivity contribution in [3.63, 3.8) is 0 Å². The number of amides is 1. The maximum Gasteiger partial charge on any atom is 0.255 e. The van der Waals surface area contributed by atoms with E-state index in [0.717, 1.165) is 11.9 Å². The summed E-state index contributed by atoms with van der Waals surface area (Å²) in [5.41, 5.74) is 2.49. The van der Waals surface area contributed by atoms with Crippen molar-refractivity contribution in [3.05, 3.63) is 41.2 Å². The smallest absolute Gasteiger partial charge is 0.255 e. The van der Waals surface area contributed by atoms with Crippen LogP contribution in [0.2, 0.25) is 0 Å². The molecule has 0 atom stereocenters. The van der Waals surface area contributed by atoms with Crippen molar-refractivity contribution in [2.75, 3.05) is 11.6 Å². The Kier molecular flexibility index (Phi) is 3.63. The van der Waals surface area contributed by atoms with Gasteiger partial charge < -0.3 is 5.32 Å². The quantitative estimate of drug-likeness (QED) is 0.900. The first-order valence-electron chi connectivity index (χ1n) is 5.92. The van der Waals surface area contributed by atoms with E-state index >= 15 is 0 Å². The lowest BCUT2D eigenvalue weighted by molar-refractivity contribution is 0.102. The van der Waals surface area contributed by atoms with Gasteiger partial charge in [-0.15, -0.1) is 0 Å². The highest BCUT2D eigenvalue weighted by molar-refractivity contribution is 7.90. The van der Waals surface area contributed by atoms with Crippen LogP contribution in [0, 0.1) is 13.8 Å². The molecule has 1 heterocycles. The molecule has 0 unspecified atom stereocenters. The summed E-state index contributed by atoms with van der Waals surface area (Å²) < 4.78 is 22.7. The molecule has 2 rings (SSSR count). The van der Waals surface area contributed by atoms with E-state index in [2.05, 4.69) is 15.5 Å². The van der Waals surface area contributed by atoms with Crippen molar-refractivity contribution < 1.29 is 13.2 Å². The van der Waals surface area contributed by atoms with Crippen LogP contribution in [0.3, 0.4) is 0 Å². The van der Waals surface area contributed by atoms with Gasteiger partial charge in [-0.05, 0) is 38.1 Å². The number of carbonyl (C=O) groups excluding carboxylic acids is 1. The number of H-pyrrole nitrogens is 1. The molecule has 0 aliphatic rings. The highest BCUT2D eigenvalue weighted by atomic mass is 32.2. The van der Waals surface area contributed by atoms with Gasteiger partial charge in [-0.2, -0.15) is 5.10 Å². The van der Waals surface area contributed by atoms with E-state index in [0.29, 0.717) is 16.9 Å². The highest BCUT2D eigenvalue weighted by Gasteiger charge is 2.13. The van der Waals surface area contributed by atoms with Gasteiger partial charge in [-0.1, -0.05) is 0 Å². The topological polar surface area (TPSA) is 91.9 Å². The number of sulfone groups is 1. The zero-order chi connectivity index (χ0) is 14.9.